The summed E-state index contributed by atoms with van der Waals surface area (Å²) in [5.74, 6) is -0.164. The van der Waals surface area contributed by atoms with Gasteiger partial charge in [0.15, 0.2) is 12.4 Å². The van der Waals surface area contributed by atoms with Crippen molar-refractivity contribution in [1.29, 1.82) is 0 Å². The number of benzene rings is 2. The maximum atomic E-state index is 13.4. The smallest absolute Gasteiger partial charge is 0.254 e. The van der Waals surface area contributed by atoms with Crippen LogP contribution in [0.5, 0.6) is 0 Å². The van der Waals surface area contributed by atoms with Gasteiger partial charge in [0, 0.05) is 46.2 Å². The normalized spacial score (nSPS) is 18.4. The van der Waals surface area contributed by atoms with Crippen LogP contribution in [0.25, 0.3) is 10.9 Å². The van der Waals surface area contributed by atoms with Gasteiger partial charge in [0.2, 0.25) is 0 Å². The molecule has 0 saturated carbocycles. The van der Waals surface area contributed by atoms with Crippen molar-refractivity contribution < 1.29 is 9.52 Å². The molecule has 0 saturated heterocycles. The Balaban J connectivity index is 1.67. The second-order valence-electron chi connectivity index (χ2n) is 7.65. The summed E-state index contributed by atoms with van der Waals surface area (Å²) in [4.78, 5) is 18.8. The van der Waals surface area contributed by atoms with Crippen molar-refractivity contribution in [3.63, 3.8) is 0 Å². The molecule has 1 amide bonds. The third-order valence-electron chi connectivity index (χ3n) is 5.98. The largest absolute Gasteiger partial charge is 0.619 e. The molecule has 0 bridgehead atoms. The summed E-state index contributed by atoms with van der Waals surface area (Å²) in [6, 6.07) is 19.0. The predicted molar refractivity (Wildman–Crippen MR) is 116 cm³/mol. The molecule has 30 heavy (non-hydrogen) atoms. The number of aromatic amines is 1. The quantitative estimate of drug-likeness (QED) is 0.376. The maximum absolute atomic E-state index is 13.4. The zero-order valence-corrected chi connectivity index (χ0v) is 17.1. The van der Waals surface area contributed by atoms with Crippen LogP contribution in [-0.4, -0.2) is 22.3 Å². The van der Waals surface area contributed by atoms with E-state index in [9.17, 15) is 10.0 Å². The number of H-pyrrole nitrogens is 1. The highest BCUT2D eigenvalue weighted by Gasteiger charge is 2.37. The van der Waals surface area contributed by atoms with Gasteiger partial charge in [-0.05, 0) is 30.2 Å². The summed E-state index contributed by atoms with van der Waals surface area (Å²) in [6.45, 7) is 2.54. The molecule has 5 nitrogen and oxygen atoms in total. The van der Waals surface area contributed by atoms with E-state index in [1.165, 1.54) is 18.0 Å². The van der Waals surface area contributed by atoms with Gasteiger partial charge in [-0.15, -0.1) is 0 Å². The number of hydrogen-bond acceptors (Lipinski definition) is 2. The van der Waals surface area contributed by atoms with E-state index in [0.717, 1.165) is 22.2 Å². The van der Waals surface area contributed by atoms with Crippen LogP contribution in [0.15, 0.2) is 73.1 Å². The molecule has 0 aliphatic carbocycles. The molecule has 2 aromatic heterocycles. The van der Waals surface area contributed by atoms with Gasteiger partial charge >= 0.3 is 0 Å². The molecule has 2 unspecified atom stereocenters. The Morgan fingerprint density at radius 2 is 1.80 bits per heavy atom. The van der Waals surface area contributed by atoms with Crippen molar-refractivity contribution in [2.24, 2.45) is 0 Å². The number of carbonyl (C=O) groups is 1. The number of carbonyl (C=O) groups excluding carboxylic acids is 1. The number of fused-ring (bicyclic) bond motifs is 3. The highest BCUT2D eigenvalue weighted by molar-refractivity contribution is 6.31. The summed E-state index contributed by atoms with van der Waals surface area (Å²) < 4.78 is 0.679. The van der Waals surface area contributed by atoms with E-state index in [1.807, 2.05) is 48.2 Å². The number of halogens is 1. The predicted octanol–water partition coefficient (Wildman–Crippen LogP) is 4.80. The highest BCUT2D eigenvalue weighted by Crippen LogP contribution is 2.44. The molecule has 0 spiro atoms. The third-order valence-corrected chi connectivity index (χ3v) is 6.32. The van der Waals surface area contributed by atoms with Crippen molar-refractivity contribution in [3.05, 3.63) is 106 Å². The molecule has 5 rings (SSSR count). The Kier molecular flexibility index (Phi) is 4.48. The molecular weight excluding hydrogens is 398 g/mol. The number of nitrogens with one attached hydrogen (secondary N) is 1. The van der Waals surface area contributed by atoms with E-state index in [1.54, 1.807) is 12.1 Å². The van der Waals surface area contributed by atoms with Gasteiger partial charge in [0.05, 0.1) is 11.6 Å². The lowest BCUT2D eigenvalue weighted by Crippen LogP contribution is -2.41. The molecule has 4 aromatic rings. The SMILES string of the molecule is CC1c2[nH]c3ccccc3c2C(c2ccccc2Cl)CN1C(=O)c1cc[n+]([O-])cc1. The van der Waals surface area contributed by atoms with E-state index in [0.29, 0.717) is 21.9 Å². The van der Waals surface area contributed by atoms with Crippen LogP contribution >= 0.6 is 11.6 Å². The number of aromatic nitrogens is 2. The first-order valence-electron chi connectivity index (χ1n) is 9.89. The summed E-state index contributed by atoms with van der Waals surface area (Å²) in [5, 5.41) is 13.2. The number of pyridine rings is 1. The lowest BCUT2D eigenvalue weighted by Gasteiger charge is -2.38. The van der Waals surface area contributed by atoms with Crippen LogP contribution in [-0.2, 0) is 0 Å². The minimum atomic E-state index is -0.141. The van der Waals surface area contributed by atoms with Crippen LogP contribution in [0.3, 0.4) is 0 Å². The van der Waals surface area contributed by atoms with Crippen molar-refractivity contribution in [2.75, 3.05) is 6.54 Å². The van der Waals surface area contributed by atoms with Crippen LogP contribution in [0.2, 0.25) is 5.02 Å². The number of amides is 1. The third kappa shape index (κ3) is 2.94. The first-order chi connectivity index (χ1) is 14.5. The van der Waals surface area contributed by atoms with Gasteiger partial charge < -0.3 is 15.1 Å². The molecule has 1 aliphatic rings. The topological polar surface area (TPSA) is 63.0 Å². The Morgan fingerprint density at radius 3 is 2.57 bits per heavy atom. The molecule has 1 aliphatic heterocycles. The fraction of sp³-hybridized carbons (Fsp3) is 0.167. The summed E-state index contributed by atoms with van der Waals surface area (Å²) in [6.07, 6.45) is 2.70. The molecule has 6 heteroatoms. The van der Waals surface area contributed by atoms with Crippen LogP contribution < -0.4 is 4.73 Å². The Hall–Kier alpha value is -3.31. The summed E-state index contributed by atoms with van der Waals surface area (Å²) in [5.41, 5.74) is 4.76. The minimum absolute atomic E-state index is 0.0573. The molecule has 150 valence electrons. The van der Waals surface area contributed by atoms with Gasteiger partial charge in [-0.25, -0.2) is 0 Å². The second kappa shape index (κ2) is 7.18. The number of hydrogen-bond donors (Lipinski definition) is 1. The maximum Gasteiger partial charge on any atom is 0.254 e. The monoisotopic (exact) mass is 417 g/mol. The fourth-order valence-corrected chi connectivity index (χ4v) is 4.75. The average molecular weight is 418 g/mol. The Bertz CT molecular complexity index is 1250. The minimum Gasteiger partial charge on any atom is -0.619 e. The van der Waals surface area contributed by atoms with Crippen LogP contribution in [0.4, 0.5) is 0 Å². The van der Waals surface area contributed by atoms with E-state index in [-0.39, 0.29) is 17.9 Å². The van der Waals surface area contributed by atoms with E-state index < -0.39 is 0 Å². The van der Waals surface area contributed by atoms with Crippen molar-refractivity contribution in [3.8, 4) is 0 Å². The Labute approximate surface area is 179 Å². The summed E-state index contributed by atoms with van der Waals surface area (Å²) in [7, 11) is 0. The zero-order chi connectivity index (χ0) is 20.8. The number of rotatable bonds is 2. The summed E-state index contributed by atoms with van der Waals surface area (Å²) >= 11 is 6.59. The molecule has 2 atom stereocenters. The van der Waals surface area contributed by atoms with Crippen molar-refractivity contribution in [1.82, 2.24) is 9.88 Å². The molecule has 0 fully saturated rings. The van der Waals surface area contributed by atoms with Crippen molar-refractivity contribution in [2.45, 2.75) is 18.9 Å². The van der Waals surface area contributed by atoms with Crippen LogP contribution in [0, 0.1) is 5.21 Å². The zero-order valence-electron chi connectivity index (χ0n) is 16.4. The number of para-hydroxylation sites is 1. The first-order valence-corrected chi connectivity index (χ1v) is 10.3. The lowest BCUT2D eigenvalue weighted by atomic mass is 9.83. The Morgan fingerprint density at radius 1 is 1.10 bits per heavy atom. The molecule has 0 radical (unpaired) electrons. The van der Waals surface area contributed by atoms with E-state index >= 15 is 0 Å². The standard InChI is InChI=1S/C24H20ClN3O2/c1-15-23-22(18-7-3-5-9-21(18)26-23)19(17-6-2-4-8-20(17)25)14-28(15)24(29)16-10-12-27(30)13-11-16/h2-13,15,19,26H,14H2,1H3. The van der Waals surface area contributed by atoms with Crippen LogP contribution in [0.1, 0.15) is 46.1 Å². The second-order valence-corrected chi connectivity index (χ2v) is 8.06. The molecule has 2 aromatic carbocycles. The van der Waals surface area contributed by atoms with Gasteiger partial charge in [0.1, 0.15) is 0 Å². The van der Waals surface area contributed by atoms with Gasteiger partial charge in [0.25, 0.3) is 5.91 Å². The van der Waals surface area contributed by atoms with Gasteiger partial charge in [-0.3, -0.25) is 4.79 Å². The average Bonchev–Trinajstić information content (AvgIpc) is 3.15. The molecular formula is C24H20ClN3O2. The van der Waals surface area contributed by atoms with E-state index in [4.69, 9.17) is 11.6 Å². The highest BCUT2D eigenvalue weighted by atomic mass is 35.5. The van der Waals surface area contributed by atoms with E-state index in [2.05, 4.69) is 17.1 Å². The lowest BCUT2D eigenvalue weighted by molar-refractivity contribution is -0.605. The number of nitrogens with zero attached hydrogens (tertiary/aromatic N) is 2. The molecule has 1 N–H and O–H groups in total. The van der Waals surface area contributed by atoms with Gasteiger partial charge in [-0.1, -0.05) is 48.0 Å². The first kappa shape index (κ1) is 18.7. The molecule has 3 heterocycles. The van der Waals surface area contributed by atoms with Gasteiger partial charge in [-0.2, -0.15) is 4.73 Å². The van der Waals surface area contributed by atoms with Crippen molar-refractivity contribution >= 4 is 28.4 Å². The fourth-order valence-electron chi connectivity index (χ4n) is 4.48.